The van der Waals surface area contributed by atoms with Gasteiger partial charge >= 0.3 is 6.01 Å². The molecular formula is C12H17N7O. The van der Waals surface area contributed by atoms with Gasteiger partial charge in [0, 0.05) is 6.20 Å². The van der Waals surface area contributed by atoms with Crippen LogP contribution in [0.1, 0.15) is 24.7 Å². The molecule has 2 heterocycles. The fourth-order valence-corrected chi connectivity index (χ4v) is 1.39. The van der Waals surface area contributed by atoms with Gasteiger partial charge in [0.05, 0.1) is 30.7 Å². The Bertz CT molecular complexity index is 558. The molecule has 2 aromatic rings. The minimum absolute atomic E-state index is 0.114. The number of aryl methyl sites for hydroxylation is 1. The van der Waals surface area contributed by atoms with Gasteiger partial charge in [-0.2, -0.15) is 15.0 Å². The molecule has 0 fully saturated rings. The Kier molecular flexibility index (Phi) is 4.59. The molecule has 3 N–H and O–H groups in total. The van der Waals surface area contributed by atoms with Crippen LogP contribution in [-0.2, 0) is 6.54 Å². The Hall–Kier alpha value is -2.51. The minimum atomic E-state index is 0.114. The lowest BCUT2D eigenvalue weighted by molar-refractivity contribution is 0.292. The first-order valence-corrected chi connectivity index (χ1v) is 6.33. The van der Waals surface area contributed by atoms with E-state index in [1.165, 1.54) is 0 Å². The van der Waals surface area contributed by atoms with Gasteiger partial charge in [-0.05, 0) is 13.3 Å². The van der Waals surface area contributed by atoms with Crippen LogP contribution < -0.4 is 15.8 Å². The van der Waals surface area contributed by atoms with E-state index < -0.39 is 0 Å². The van der Waals surface area contributed by atoms with Gasteiger partial charge in [-0.15, -0.1) is 0 Å². The van der Waals surface area contributed by atoms with Crippen molar-refractivity contribution in [2.45, 2.75) is 26.8 Å². The smallest absolute Gasteiger partial charge is 0.323 e. The molecule has 0 saturated carbocycles. The van der Waals surface area contributed by atoms with Gasteiger partial charge in [-0.25, -0.2) is 0 Å². The second kappa shape index (κ2) is 6.60. The third-order valence-electron chi connectivity index (χ3n) is 2.33. The van der Waals surface area contributed by atoms with E-state index in [4.69, 9.17) is 10.5 Å². The number of nitrogens with zero attached hydrogens (tertiary/aromatic N) is 5. The number of nitrogens with two attached hydrogens (primary N) is 1. The lowest BCUT2D eigenvalue weighted by atomic mass is 10.4. The summed E-state index contributed by atoms with van der Waals surface area (Å²) in [7, 11) is 0. The molecule has 8 nitrogen and oxygen atoms in total. The molecule has 2 rings (SSSR count). The Morgan fingerprint density at radius 1 is 1.20 bits per heavy atom. The fourth-order valence-electron chi connectivity index (χ4n) is 1.39. The molecule has 20 heavy (non-hydrogen) atoms. The van der Waals surface area contributed by atoms with Crippen molar-refractivity contribution < 1.29 is 4.74 Å². The lowest BCUT2D eigenvalue weighted by Gasteiger charge is -2.07. The minimum Gasteiger partial charge on any atom is -0.463 e. The van der Waals surface area contributed by atoms with Crippen LogP contribution in [0.5, 0.6) is 6.01 Å². The summed E-state index contributed by atoms with van der Waals surface area (Å²) >= 11 is 0. The molecular weight excluding hydrogens is 258 g/mol. The third kappa shape index (κ3) is 4.01. The maximum atomic E-state index is 5.61. The maximum absolute atomic E-state index is 5.61. The zero-order valence-electron chi connectivity index (χ0n) is 11.5. The van der Waals surface area contributed by atoms with E-state index >= 15 is 0 Å². The molecule has 0 spiro atoms. The van der Waals surface area contributed by atoms with Gasteiger partial charge < -0.3 is 15.8 Å². The Morgan fingerprint density at radius 2 is 2.05 bits per heavy atom. The topological polar surface area (TPSA) is 112 Å². The molecule has 0 aliphatic rings. The summed E-state index contributed by atoms with van der Waals surface area (Å²) in [5.41, 5.74) is 7.26. The van der Waals surface area contributed by atoms with Gasteiger partial charge in [-0.3, -0.25) is 9.97 Å². The summed E-state index contributed by atoms with van der Waals surface area (Å²) in [6.07, 6.45) is 4.27. The van der Waals surface area contributed by atoms with E-state index in [9.17, 15) is 0 Å². The van der Waals surface area contributed by atoms with Crippen LogP contribution in [0, 0.1) is 6.92 Å². The quantitative estimate of drug-likeness (QED) is 0.801. The van der Waals surface area contributed by atoms with Gasteiger partial charge in [0.25, 0.3) is 0 Å². The number of anilines is 2. The summed E-state index contributed by atoms with van der Waals surface area (Å²) in [6.45, 7) is 4.87. The average molecular weight is 275 g/mol. The summed E-state index contributed by atoms with van der Waals surface area (Å²) in [5.74, 6) is 0.467. The highest BCUT2D eigenvalue weighted by Gasteiger charge is 2.05. The van der Waals surface area contributed by atoms with E-state index in [-0.39, 0.29) is 12.0 Å². The molecule has 106 valence electrons. The largest absolute Gasteiger partial charge is 0.463 e. The Morgan fingerprint density at radius 3 is 2.75 bits per heavy atom. The van der Waals surface area contributed by atoms with Crippen LogP contribution >= 0.6 is 0 Å². The highest BCUT2D eigenvalue weighted by Crippen LogP contribution is 2.10. The van der Waals surface area contributed by atoms with Crippen molar-refractivity contribution in [2.75, 3.05) is 17.7 Å². The van der Waals surface area contributed by atoms with Crippen molar-refractivity contribution >= 4 is 11.9 Å². The summed E-state index contributed by atoms with van der Waals surface area (Å²) < 4.78 is 5.33. The Balaban J connectivity index is 2.01. The normalized spacial score (nSPS) is 10.3. The highest BCUT2D eigenvalue weighted by atomic mass is 16.5. The molecule has 0 aromatic carbocycles. The number of nitrogen functional groups attached to an aromatic ring is 1. The second-order valence-corrected chi connectivity index (χ2v) is 4.15. The van der Waals surface area contributed by atoms with E-state index in [0.717, 1.165) is 17.8 Å². The van der Waals surface area contributed by atoms with Crippen LogP contribution in [-0.4, -0.2) is 31.5 Å². The number of nitrogens with one attached hydrogen (secondary N) is 1. The highest BCUT2D eigenvalue weighted by molar-refractivity contribution is 5.32. The molecule has 0 bridgehead atoms. The molecule has 0 saturated heterocycles. The Labute approximate surface area is 116 Å². The lowest BCUT2D eigenvalue weighted by Crippen LogP contribution is -2.10. The molecule has 0 aliphatic carbocycles. The van der Waals surface area contributed by atoms with Gasteiger partial charge in [0.2, 0.25) is 11.9 Å². The third-order valence-corrected chi connectivity index (χ3v) is 2.33. The molecule has 0 amide bonds. The number of rotatable bonds is 6. The number of ether oxygens (including phenoxy) is 1. The predicted molar refractivity (Wildman–Crippen MR) is 74.1 cm³/mol. The molecule has 0 aliphatic heterocycles. The summed E-state index contributed by atoms with van der Waals surface area (Å²) in [6, 6.07) is 0.219. The van der Waals surface area contributed by atoms with Crippen molar-refractivity contribution in [2.24, 2.45) is 0 Å². The first-order valence-electron chi connectivity index (χ1n) is 6.33. The number of hydrogen-bond acceptors (Lipinski definition) is 8. The van der Waals surface area contributed by atoms with Crippen LogP contribution in [0.3, 0.4) is 0 Å². The van der Waals surface area contributed by atoms with Crippen molar-refractivity contribution in [1.82, 2.24) is 24.9 Å². The SMILES string of the molecule is CCCOc1nc(N)nc(NCc2cnc(C)cn2)n1. The van der Waals surface area contributed by atoms with Crippen LogP contribution in [0.15, 0.2) is 12.4 Å². The first-order chi connectivity index (χ1) is 9.67. The average Bonchev–Trinajstić information content (AvgIpc) is 2.44. The van der Waals surface area contributed by atoms with Crippen molar-refractivity contribution in [1.29, 1.82) is 0 Å². The molecule has 0 atom stereocenters. The summed E-state index contributed by atoms with van der Waals surface area (Å²) in [5, 5.41) is 3.01. The van der Waals surface area contributed by atoms with Crippen LogP contribution in [0.2, 0.25) is 0 Å². The first kappa shape index (κ1) is 13.9. The standard InChI is InChI=1S/C12H17N7O/c1-3-4-20-12-18-10(13)17-11(19-12)16-7-9-6-14-8(2)5-15-9/h5-6H,3-4,7H2,1-2H3,(H3,13,16,17,18,19). The zero-order chi connectivity index (χ0) is 14.4. The van der Waals surface area contributed by atoms with Crippen molar-refractivity contribution in [3.63, 3.8) is 0 Å². The van der Waals surface area contributed by atoms with Gasteiger partial charge in [-0.1, -0.05) is 6.92 Å². The van der Waals surface area contributed by atoms with Crippen molar-refractivity contribution in [3.05, 3.63) is 23.8 Å². The monoisotopic (exact) mass is 275 g/mol. The van der Waals surface area contributed by atoms with E-state index in [0.29, 0.717) is 19.1 Å². The van der Waals surface area contributed by atoms with Gasteiger partial charge in [0.15, 0.2) is 0 Å². The van der Waals surface area contributed by atoms with E-state index in [1.807, 2.05) is 13.8 Å². The predicted octanol–water partition coefficient (Wildman–Crippen LogP) is 0.953. The number of hydrogen-bond donors (Lipinski definition) is 2. The van der Waals surface area contributed by atoms with Crippen molar-refractivity contribution in [3.8, 4) is 6.01 Å². The van der Waals surface area contributed by atoms with E-state index in [2.05, 4.69) is 30.2 Å². The van der Waals surface area contributed by atoms with Crippen LogP contribution in [0.4, 0.5) is 11.9 Å². The maximum Gasteiger partial charge on any atom is 0.323 e. The van der Waals surface area contributed by atoms with Gasteiger partial charge in [0.1, 0.15) is 0 Å². The molecule has 8 heteroatoms. The summed E-state index contributed by atoms with van der Waals surface area (Å²) in [4.78, 5) is 20.4. The molecule has 2 aromatic heterocycles. The van der Waals surface area contributed by atoms with E-state index in [1.54, 1.807) is 12.4 Å². The molecule has 0 unspecified atom stereocenters. The molecule has 0 radical (unpaired) electrons. The zero-order valence-corrected chi connectivity index (χ0v) is 11.5. The second-order valence-electron chi connectivity index (χ2n) is 4.15. The fraction of sp³-hybridized carbons (Fsp3) is 0.417. The number of aromatic nitrogens is 5. The van der Waals surface area contributed by atoms with Crippen LogP contribution in [0.25, 0.3) is 0 Å².